The molecule has 0 unspecified atom stereocenters. The number of benzene rings is 1. The molecular weight excluding hydrogens is 402 g/mol. The number of pyridine rings is 1. The molecule has 0 radical (unpaired) electrons. The van der Waals surface area contributed by atoms with Crippen LogP contribution in [0.2, 0.25) is 0 Å². The third-order valence-electron chi connectivity index (χ3n) is 4.92. The van der Waals surface area contributed by atoms with E-state index in [1.165, 1.54) is 11.3 Å². The standard InChI is InChI=1S/C21H17N5O3S/c1-12-10-17(25-29-12)19(27)24-21-23-15-8-9-26(11-18(15)30-21)20(28)16-7-6-13-4-2-3-5-14(13)22-16/h2-7,10H,8-9,11H2,1H3,(H,23,24,27). The summed E-state index contributed by atoms with van der Waals surface area (Å²) in [4.78, 5) is 37.0. The van der Waals surface area contributed by atoms with Crippen LogP contribution in [-0.4, -0.2) is 38.4 Å². The lowest BCUT2D eigenvalue weighted by molar-refractivity contribution is 0.0730. The fourth-order valence-electron chi connectivity index (χ4n) is 3.40. The number of aryl methyl sites for hydroxylation is 1. The van der Waals surface area contributed by atoms with E-state index in [0.29, 0.717) is 36.1 Å². The molecule has 1 N–H and O–H groups in total. The average molecular weight is 419 g/mol. The van der Waals surface area contributed by atoms with Crippen LogP contribution in [-0.2, 0) is 13.0 Å². The second kappa shape index (κ2) is 7.34. The third-order valence-corrected chi connectivity index (χ3v) is 5.91. The molecule has 0 atom stereocenters. The first kappa shape index (κ1) is 18.4. The average Bonchev–Trinajstić information content (AvgIpc) is 3.37. The number of carbonyl (C=O) groups excluding carboxylic acids is 2. The van der Waals surface area contributed by atoms with E-state index < -0.39 is 0 Å². The van der Waals surface area contributed by atoms with E-state index >= 15 is 0 Å². The van der Waals surface area contributed by atoms with E-state index in [1.807, 2.05) is 30.3 Å². The minimum Gasteiger partial charge on any atom is -0.361 e. The van der Waals surface area contributed by atoms with E-state index in [1.54, 1.807) is 24.0 Å². The van der Waals surface area contributed by atoms with Gasteiger partial charge in [0.05, 0.1) is 17.8 Å². The third kappa shape index (κ3) is 3.43. The largest absolute Gasteiger partial charge is 0.361 e. The SMILES string of the molecule is Cc1cc(C(=O)Nc2nc3c(s2)CN(C(=O)c2ccc4ccccc4n2)CC3)no1. The predicted molar refractivity (Wildman–Crippen MR) is 111 cm³/mol. The van der Waals surface area contributed by atoms with Gasteiger partial charge in [-0.2, -0.15) is 0 Å². The number of hydrogen-bond donors (Lipinski definition) is 1. The van der Waals surface area contributed by atoms with Crippen molar-refractivity contribution < 1.29 is 14.1 Å². The zero-order chi connectivity index (χ0) is 20.7. The summed E-state index contributed by atoms with van der Waals surface area (Å²) in [5.41, 5.74) is 2.34. The lowest BCUT2D eigenvalue weighted by atomic mass is 10.1. The van der Waals surface area contributed by atoms with Gasteiger partial charge in [-0.25, -0.2) is 9.97 Å². The van der Waals surface area contributed by atoms with Gasteiger partial charge in [-0.3, -0.25) is 14.9 Å². The molecule has 150 valence electrons. The van der Waals surface area contributed by atoms with Crippen LogP contribution in [0.5, 0.6) is 0 Å². The van der Waals surface area contributed by atoms with Gasteiger partial charge in [-0.1, -0.05) is 40.8 Å². The van der Waals surface area contributed by atoms with Crippen molar-refractivity contribution in [2.75, 3.05) is 11.9 Å². The predicted octanol–water partition coefficient (Wildman–Crippen LogP) is 3.44. The number of thiazole rings is 1. The Morgan fingerprint density at radius 1 is 1.13 bits per heavy atom. The van der Waals surface area contributed by atoms with Gasteiger partial charge in [-0.05, 0) is 19.1 Å². The van der Waals surface area contributed by atoms with Crippen LogP contribution in [0.1, 0.15) is 37.3 Å². The second-order valence-electron chi connectivity index (χ2n) is 7.03. The number of para-hydroxylation sites is 1. The molecule has 0 fully saturated rings. The van der Waals surface area contributed by atoms with Gasteiger partial charge < -0.3 is 9.42 Å². The van der Waals surface area contributed by atoms with Crippen molar-refractivity contribution in [1.82, 2.24) is 20.0 Å². The Morgan fingerprint density at radius 2 is 2.00 bits per heavy atom. The molecular formula is C21H17N5O3S. The summed E-state index contributed by atoms with van der Waals surface area (Å²) in [5, 5.41) is 7.96. The van der Waals surface area contributed by atoms with Crippen LogP contribution >= 0.6 is 11.3 Å². The Morgan fingerprint density at radius 3 is 2.83 bits per heavy atom. The van der Waals surface area contributed by atoms with E-state index in [9.17, 15) is 9.59 Å². The number of nitrogens with one attached hydrogen (secondary N) is 1. The van der Waals surface area contributed by atoms with Crippen LogP contribution in [0.25, 0.3) is 10.9 Å². The monoisotopic (exact) mass is 419 g/mol. The van der Waals surface area contributed by atoms with Crippen LogP contribution in [0.4, 0.5) is 5.13 Å². The lowest BCUT2D eigenvalue weighted by Crippen LogP contribution is -2.35. The maximum Gasteiger partial charge on any atom is 0.279 e. The molecule has 0 saturated heterocycles. The molecule has 0 aliphatic carbocycles. The fourth-order valence-corrected chi connectivity index (χ4v) is 4.42. The van der Waals surface area contributed by atoms with Crippen molar-refractivity contribution in [1.29, 1.82) is 0 Å². The number of anilines is 1. The maximum atomic E-state index is 13.0. The summed E-state index contributed by atoms with van der Waals surface area (Å²) in [5.74, 6) is 0.0877. The molecule has 0 bridgehead atoms. The summed E-state index contributed by atoms with van der Waals surface area (Å²) in [6, 6.07) is 13.0. The van der Waals surface area contributed by atoms with Crippen molar-refractivity contribution >= 4 is 39.2 Å². The van der Waals surface area contributed by atoms with Gasteiger partial charge in [0.25, 0.3) is 11.8 Å². The van der Waals surface area contributed by atoms with Crippen molar-refractivity contribution in [3.8, 4) is 0 Å². The molecule has 4 heterocycles. The molecule has 3 aromatic heterocycles. The minimum absolute atomic E-state index is 0.108. The second-order valence-corrected chi connectivity index (χ2v) is 8.12. The lowest BCUT2D eigenvalue weighted by Gasteiger charge is -2.25. The molecule has 1 aromatic carbocycles. The van der Waals surface area contributed by atoms with E-state index in [2.05, 4.69) is 20.4 Å². The number of aromatic nitrogens is 3. The van der Waals surface area contributed by atoms with E-state index in [-0.39, 0.29) is 17.5 Å². The van der Waals surface area contributed by atoms with Crippen molar-refractivity contribution in [2.45, 2.75) is 19.9 Å². The summed E-state index contributed by atoms with van der Waals surface area (Å²) in [6.07, 6.45) is 0.629. The van der Waals surface area contributed by atoms with Crippen LogP contribution in [0, 0.1) is 6.92 Å². The molecule has 9 heteroatoms. The Hall–Kier alpha value is -3.59. The molecule has 1 aliphatic rings. The Balaban J connectivity index is 1.32. The number of fused-ring (bicyclic) bond motifs is 2. The summed E-state index contributed by atoms with van der Waals surface area (Å²) in [7, 11) is 0. The molecule has 2 amide bonds. The van der Waals surface area contributed by atoms with Gasteiger partial charge in [0.15, 0.2) is 10.8 Å². The van der Waals surface area contributed by atoms with E-state index in [0.717, 1.165) is 21.5 Å². The maximum absolute atomic E-state index is 13.0. The highest BCUT2D eigenvalue weighted by molar-refractivity contribution is 7.15. The molecule has 8 nitrogen and oxygen atoms in total. The van der Waals surface area contributed by atoms with Crippen LogP contribution in [0.15, 0.2) is 47.0 Å². The number of hydrogen-bond acceptors (Lipinski definition) is 7. The molecule has 0 spiro atoms. The van der Waals surface area contributed by atoms with Gasteiger partial charge in [0, 0.05) is 29.3 Å². The first-order valence-corrected chi connectivity index (χ1v) is 10.3. The van der Waals surface area contributed by atoms with Gasteiger partial charge in [0.1, 0.15) is 11.5 Å². The first-order valence-electron chi connectivity index (χ1n) is 9.45. The van der Waals surface area contributed by atoms with Crippen LogP contribution in [0.3, 0.4) is 0 Å². The van der Waals surface area contributed by atoms with Crippen LogP contribution < -0.4 is 5.32 Å². The normalized spacial score (nSPS) is 13.3. The summed E-state index contributed by atoms with van der Waals surface area (Å²) < 4.78 is 4.94. The number of carbonyl (C=O) groups is 2. The topological polar surface area (TPSA) is 101 Å². The van der Waals surface area contributed by atoms with Crippen molar-refractivity contribution in [3.05, 3.63) is 70.2 Å². The smallest absolute Gasteiger partial charge is 0.279 e. The highest BCUT2D eigenvalue weighted by Gasteiger charge is 2.26. The Kier molecular flexibility index (Phi) is 4.51. The van der Waals surface area contributed by atoms with Gasteiger partial charge in [0.2, 0.25) is 0 Å². The number of rotatable bonds is 3. The molecule has 0 saturated carbocycles. The Labute approximate surface area is 175 Å². The number of nitrogens with zero attached hydrogens (tertiary/aromatic N) is 4. The minimum atomic E-state index is -0.369. The highest BCUT2D eigenvalue weighted by Crippen LogP contribution is 2.29. The number of amides is 2. The molecule has 1 aliphatic heterocycles. The summed E-state index contributed by atoms with van der Waals surface area (Å²) >= 11 is 1.37. The van der Waals surface area contributed by atoms with Crippen molar-refractivity contribution in [3.63, 3.8) is 0 Å². The zero-order valence-corrected chi connectivity index (χ0v) is 16.9. The highest BCUT2D eigenvalue weighted by atomic mass is 32.1. The molecule has 30 heavy (non-hydrogen) atoms. The van der Waals surface area contributed by atoms with Gasteiger partial charge >= 0.3 is 0 Å². The fraction of sp³-hybridized carbons (Fsp3) is 0.190. The molecule has 5 rings (SSSR count). The quantitative estimate of drug-likeness (QED) is 0.546. The van der Waals surface area contributed by atoms with E-state index in [4.69, 9.17) is 4.52 Å². The van der Waals surface area contributed by atoms with Crippen molar-refractivity contribution in [2.24, 2.45) is 0 Å². The summed E-state index contributed by atoms with van der Waals surface area (Å²) in [6.45, 7) is 2.72. The first-order chi connectivity index (χ1) is 14.6. The van der Waals surface area contributed by atoms with Gasteiger partial charge in [-0.15, -0.1) is 0 Å². The Bertz CT molecular complexity index is 1280. The zero-order valence-electron chi connectivity index (χ0n) is 16.1. The molecule has 4 aromatic rings.